The van der Waals surface area contributed by atoms with Crippen LogP contribution in [-0.2, 0) is 21.7 Å². The minimum absolute atomic E-state index is 0.0377. The molecule has 0 amide bonds. The number of para-hydroxylation sites is 1. The third kappa shape index (κ3) is 7.04. The van der Waals surface area contributed by atoms with E-state index in [1.165, 1.54) is 89.0 Å². The van der Waals surface area contributed by atoms with Crippen LogP contribution in [0.4, 0.5) is 17.1 Å². The first kappa shape index (κ1) is 44.2. The standard InChI is InChI=1S/C70H59N/c1-67(2,3)50-34-38-54(39-35-50)69(52-22-10-7-11-23-52)63-31-18-16-29-59(63)61-43-33-49(46-65(61)69)48-21-20-28-57(45-48)71(56-26-14-9-15-27-56)58-42-44-62-60-30-17-19-32-64(60)70(66(62)47-58,53-24-12-8-13-25-53)55-40-36-51(37-41-55)68(4,5)6/h7-47H,1-6H3. The molecule has 0 saturated heterocycles. The van der Waals surface area contributed by atoms with Gasteiger partial charge in [0.1, 0.15) is 0 Å². The van der Waals surface area contributed by atoms with Crippen LogP contribution >= 0.6 is 0 Å². The third-order valence-electron chi connectivity index (χ3n) is 15.6. The van der Waals surface area contributed by atoms with Crippen molar-refractivity contribution in [2.45, 2.75) is 63.2 Å². The van der Waals surface area contributed by atoms with E-state index in [2.05, 4.69) is 295 Å². The summed E-state index contributed by atoms with van der Waals surface area (Å²) in [7, 11) is 0. The number of benzene rings is 10. The van der Waals surface area contributed by atoms with Gasteiger partial charge in [0.15, 0.2) is 0 Å². The lowest BCUT2D eigenvalue weighted by Crippen LogP contribution is -2.29. The number of rotatable bonds is 8. The van der Waals surface area contributed by atoms with Crippen molar-refractivity contribution in [1.82, 2.24) is 0 Å². The van der Waals surface area contributed by atoms with Gasteiger partial charge in [-0.15, -0.1) is 0 Å². The molecule has 1 nitrogen and oxygen atoms in total. The molecule has 0 spiro atoms. The van der Waals surface area contributed by atoms with Gasteiger partial charge in [-0.2, -0.15) is 0 Å². The van der Waals surface area contributed by atoms with Crippen molar-refractivity contribution in [2.24, 2.45) is 0 Å². The summed E-state index contributed by atoms with van der Waals surface area (Å²) >= 11 is 0. The lowest BCUT2D eigenvalue weighted by Gasteiger charge is -2.35. The molecule has 2 aliphatic carbocycles. The first-order valence-electron chi connectivity index (χ1n) is 25.2. The molecule has 0 N–H and O–H groups in total. The fraction of sp³-hybridized carbons (Fsp3) is 0.143. The smallest absolute Gasteiger partial charge is 0.0714 e. The Morgan fingerprint density at radius 1 is 0.268 bits per heavy atom. The summed E-state index contributed by atoms with van der Waals surface area (Å²) in [6, 6.07) is 93.7. The molecule has 2 unspecified atom stereocenters. The maximum atomic E-state index is 2.48. The minimum atomic E-state index is -0.538. The quantitative estimate of drug-likeness (QED) is 0.147. The summed E-state index contributed by atoms with van der Waals surface area (Å²) in [5.41, 5.74) is 22.8. The van der Waals surface area contributed by atoms with Crippen molar-refractivity contribution in [2.75, 3.05) is 4.90 Å². The zero-order valence-corrected chi connectivity index (χ0v) is 41.6. The summed E-state index contributed by atoms with van der Waals surface area (Å²) in [4.78, 5) is 2.44. The highest BCUT2D eigenvalue weighted by Crippen LogP contribution is 2.59. The Morgan fingerprint density at radius 3 is 1.15 bits per heavy atom. The van der Waals surface area contributed by atoms with Gasteiger partial charge in [0.05, 0.1) is 10.8 Å². The first-order chi connectivity index (χ1) is 34.5. The van der Waals surface area contributed by atoms with Gasteiger partial charge in [0.25, 0.3) is 0 Å². The summed E-state index contributed by atoms with van der Waals surface area (Å²) in [6.45, 7) is 13.8. The molecule has 12 rings (SSSR count). The summed E-state index contributed by atoms with van der Waals surface area (Å²) in [6.07, 6.45) is 0. The minimum Gasteiger partial charge on any atom is -0.310 e. The highest BCUT2D eigenvalue weighted by molar-refractivity contribution is 5.91. The van der Waals surface area contributed by atoms with E-state index in [4.69, 9.17) is 0 Å². The van der Waals surface area contributed by atoms with Crippen LogP contribution in [-0.4, -0.2) is 0 Å². The van der Waals surface area contributed by atoms with Crippen LogP contribution in [0.1, 0.15) is 97.2 Å². The van der Waals surface area contributed by atoms with E-state index in [1.54, 1.807) is 0 Å². The van der Waals surface area contributed by atoms with E-state index in [-0.39, 0.29) is 10.8 Å². The van der Waals surface area contributed by atoms with E-state index in [0.29, 0.717) is 0 Å². The lowest BCUT2D eigenvalue weighted by molar-refractivity contribution is 0.589. The molecule has 0 fully saturated rings. The summed E-state index contributed by atoms with van der Waals surface area (Å²) < 4.78 is 0. The van der Waals surface area contributed by atoms with Crippen LogP contribution in [0.2, 0.25) is 0 Å². The van der Waals surface area contributed by atoms with E-state index < -0.39 is 10.8 Å². The van der Waals surface area contributed by atoms with E-state index in [1.807, 2.05) is 0 Å². The Kier molecular flexibility index (Phi) is 10.5. The average Bonchev–Trinajstić information content (AvgIpc) is 3.87. The van der Waals surface area contributed by atoms with Crippen molar-refractivity contribution in [3.05, 3.63) is 304 Å². The SMILES string of the molecule is CC(C)(C)c1ccc(C2(c3ccccc3)c3ccccc3-c3ccc(-c4cccc(N(c5ccccc5)c5ccc6c(c5)C(c5ccccc5)(c5ccc(C(C)(C)C)cc5)c5ccccc5-6)c4)cc32)cc1. The normalized spacial score (nSPS) is 16.7. The van der Waals surface area contributed by atoms with Gasteiger partial charge < -0.3 is 4.90 Å². The monoisotopic (exact) mass is 913 g/mol. The Morgan fingerprint density at radius 2 is 0.648 bits per heavy atom. The molecule has 0 bridgehead atoms. The Balaban J connectivity index is 1.04. The lowest BCUT2D eigenvalue weighted by atomic mass is 9.67. The van der Waals surface area contributed by atoms with Crippen LogP contribution < -0.4 is 4.90 Å². The average molecular weight is 914 g/mol. The Labute approximate surface area is 420 Å². The van der Waals surface area contributed by atoms with Gasteiger partial charge >= 0.3 is 0 Å². The fourth-order valence-electron chi connectivity index (χ4n) is 12.1. The van der Waals surface area contributed by atoms with Gasteiger partial charge in [-0.05, 0) is 142 Å². The van der Waals surface area contributed by atoms with Gasteiger partial charge in [0.2, 0.25) is 0 Å². The molecule has 71 heavy (non-hydrogen) atoms. The second kappa shape index (κ2) is 16.9. The number of hydrogen-bond donors (Lipinski definition) is 0. The zero-order valence-electron chi connectivity index (χ0n) is 41.6. The molecule has 1 heteroatoms. The maximum Gasteiger partial charge on any atom is 0.0714 e. The summed E-state index contributed by atoms with van der Waals surface area (Å²) in [5.74, 6) is 0. The van der Waals surface area contributed by atoms with E-state index >= 15 is 0 Å². The van der Waals surface area contributed by atoms with Crippen LogP contribution in [0.3, 0.4) is 0 Å². The number of fused-ring (bicyclic) bond motifs is 6. The molecule has 2 aliphatic rings. The van der Waals surface area contributed by atoms with Crippen LogP contribution in [0.15, 0.2) is 249 Å². The predicted octanol–water partition coefficient (Wildman–Crippen LogP) is 18.1. The molecule has 2 atom stereocenters. The molecule has 0 heterocycles. The van der Waals surface area contributed by atoms with Crippen molar-refractivity contribution in [3.8, 4) is 33.4 Å². The van der Waals surface area contributed by atoms with Gasteiger partial charge in [0, 0.05) is 17.1 Å². The molecular weight excluding hydrogens is 855 g/mol. The van der Waals surface area contributed by atoms with E-state index in [0.717, 1.165) is 17.1 Å². The predicted molar refractivity (Wildman–Crippen MR) is 299 cm³/mol. The van der Waals surface area contributed by atoms with Gasteiger partial charge in [-0.1, -0.05) is 248 Å². The Bertz CT molecular complexity index is 3580. The second-order valence-electron chi connectivity index (χ2n) is 21.7. The van der Waals surface area contributed by atoms with E-state index in [9.17, 15) is 0 Å². The molecule has 0 aromatic heterocycles. The summed E-state index contributed by atoms with van der Waals surface area (Å²) in [5, 5.41) is 0. The fourth-order valence-corrected chi connectivity index (χ4v) is 12.1. The molecule has 0 saturated carbocycles. The number of nitrogens with zero attached hydrogens (tertiary/aromatic N) is 1. The largest absolute Gasteiger partial charge is 0.310 e. The maximum absolute atomic E-state index is 2.48. The molecule has 10 aromatic rings. The Hall–Kier alpha value is -8.00. The molecule has 0 aliphatic heterocycles. The highest BCUT2D eigenvalue weighted by atomic mass is 15.1. The highest BCUT2D eigenvalue weighted by Gasteiger charge is 2.48. The second-order valence-corrected chi connectivity index (χ2v) is 21.7. The number of anilines is 3. The third-order valence-corrected chi connectivity index (χ3v) is 15.6. The van der Waals surface area contributed by atoms with Crippen molar-refractivity contribution >= 4 is 17.1 Å². The molecule has 10 aromatic carbocycles. The topological polar surface area (TPSA) is 3.24 Å². The van der Waals surface area contributed by atoms with Crippen molar-refractivity contribution in [3.63, 3.8) is 0 Å². The zero-order chi connectivity index (χ0) is 48.5. The molecule has 344 valence electrons. The van der Waals surface area contributed by atoms with Gasteiger partial charge in [-0.3, -0.25) is 0 Å². The van der Waals surface area contributed by atoms with Crippen LogP contribution in [0.25, 0.3) is 33.4 Å². The van der Waals surface area contributed by atoms with Crippen LogP contribution in [0.5, 0.6) is 0 Å². The van der Waals surface area contributed by atoms with Crippen molar-refractivity contribution in [1.29, 1.82) is 0 Å². The van der Waals surface area contributed by atoms with Crippen molar-refractivity contribution < 1.29 is 0 Å². The first-order valence-corrected chi connectivity index (χ1v) is 25.2. The number of hydrogen-bond acceptors (Lipinski definition) is 1. The molecule has 0 radical (unpaired) electrons. The molecular formula is C70H59N. The van der Waals surface area contributed by atoms with Crippen LogP contribution in [0, 0.1) is 0 Å². The van der Waals surface area contributed by atoms with Gasteiger partial charge in [-0.25, -0.2) is 0 Å².